The summed E-state index contributed by atoms with van der Waals surface area (Å²) < 4.78 is 6.03. The van der Waals surface area contributed by atoms with E-state index in [1.807, 2.05) is 62.5 Å². The van der Waals surface area contributed by atoms with Gasteiger partial charge >= 0.3 is 0 Å². The summed E-state index contributed by atoms with van der Waals surface area (Å²) in [4.78, 5) is 16.9. The summed E-state index contributed by atoms with van der Waals surface area (Å²) in [6.07, 6.45) is 0.807. The first-order valence-corrected chi connectivity index (χ1v) is 10.3. The highest BCUT2D eigenvalue weighted by Gasteiger charge is 2.14. The van der Waals surface area contributed by atoms with Gasteiger partial charge in [-0.2, -0.15) is 0 Å². The van der Waals surface area contributed by atoms with E-state index < -0.39 is 0 Å². The summed E-state index contributed by atoms with van der Waals surface area (Å²) in [5.74, 6) is 1.57. The van der Waals surface area contributed by atoms with Crippen molar-refractivity contribution >= 4 is 23.2 Å². The molecule has 3 N–H and O–H groups in total. The minimum atomic E-state index is -0.246. The number of amides is 1. The molecule has 1 heterocycles. The molecule has 0 aliphatic heterocycles. The fourth-order valence-electron chi connectivity index (χ4n) is 2.47. The maximum atomic E-state index is 11.9. The van der Waals surface area contributed by atoms with Crippen molar-refractivity contribution in [2.45, 2.75) is 39.3 Å². The number of carbonyl (C=O) groups excluding carboxylic acids is 1. The molecule has 0 saturated carbocycles. The molecule has 0 bridgehead atoms. The normalized spacial score (nSPS) is 11.8. The van der Waals surface area contributed by atoms with Crippen molar-refractivity contribution in [3.8, 4) is 5.75 Å². The zero-order valence-electron chi connectivity index (χ0n) is 17.0. The minimum absolute atomic E-state index is 0.0204. The van der Waals surface area contributed by atoms with Crippen molar-refractivity contribution in [1.29, 1.82) is 0 Å². The smallest absolute Gasteiger partial charge is 0.261 e. The van der Waals surface area contributed by atoms with E-state index in [1.54, 1.807) is 7.05 Å². The van der Waals surface area contributed by atoms with Gasteiger partial charge in [0.25, 0.3) is 5.91 Å². The van der Waals surface area contributed by atoms with Crippen LogP contribution in [0.15, 0.2) is 46.8 Å². The molecule has 0 unspecified atom stereocenters. The molecule has 0 fully saturated rings. The Morgan fingerprint density at radius 2 is 1.82 bits per heavy atom. The summed E-state index contributed by atoms with van der Waals surface area (Å²) in [5.41, 5.74) is 0.826. The second-order valence-corrected chi connectivity index (χ2v) is 8.21. The van der Waals surface area contributed by atoms with E-state index in [-0.39, 0.29) is 11.5 Å². The summed E-state index contributed by atoms with van der Waals surface area (Å²) in [6.45, 7) is 8.05. The standard InChI is InChI=1S/C21H30N4O2S/c1-21(2,3)27-17-10-6-5-9-16(17)15-25-20(22-4)24-13-8-12-23-19(26)18-11-7-14-28-18/h5-7,9-11,14H,8,12-13,15H2,1-4H3,(H,23,26)(H2,22,24,25). The molecule has 0 radical (unpaired) electrons. The molecule has 6 nitrogen and oxygen atoms in total. The molecule has 152 valence electrons. The summed E-state index contributed by atoms with van der Waals surface area (Å²) in [7, 11) is 1.74. The number of aliphatic imine (C=N–C) groups is 1. The van der Waals surface area contributed by atoms with Gasteiger partial charge < -0.3 is 20.7 Å². The zero-order valence-corrected chi connectivity index (χ0v) is 17.9. The van der Waals surface area contributed by atoms with Gasteiger partial charge in [-0.3, -0.25) is 9.79 Å². The number of hydrogen-bond acceptors (Lipinski definition) is 4. The Bertz CT molecular complexity index is 767. The molecule has 1 aromatic heterocycles. The molecule has 0 aliphatic rings. The van der Waals surface area contributed by atoms with E-state index in [1.165, 1.54) is 11.3 Å². The largest absolute Gasteiger partial charge is 0.488 e. The van der Waals surface area contributed by atoms with Gasteiger partial charge in [0.15, 0.2) is 5.96 Å². The number of thiophene rings is 1. The van der Waals surface area contributed by atoms with Crippen LogP contribution >= 0.6 is 11.3 Å². The monoisotopic (exact) mass is 402 g/mol. The SMILES string of the molecule is CN=C(NCCCNC(=O)c1cccs1)NCc1ccccc1OC(C)(C)C. The van der Waals surface area contributed by atoms with E-state index >= 15 is 0 Å². The first-order valence-electron chi connectivity index (χ1n) is 9.42. The van der Waals surface area contributed by atoms with E-state index in [0.29, 0.717) is 19.6 Å². The Balaban J connectivity index is 1.73. The number of guanidine groups is 1. The molecule has 0 aliphatic carbocycles. The van der Waals surface area contributed by atoms with Crippen LogP contribution in [0.25, 0.3) is 0 Å². The Kier molecular flexibility index (Phi) is 8.32. The second kappa shape index (κ2) is 10.7. The lowest BCUT2D eigenvalue weighted by atomic mass is 10.1. The van der Waals surface area contributed by atoms with Gasteiger partial charge in [-0.1, -0.05) is 24.3 Å². The van der Waals surface area contributed by atoms with Crippen LogP contribution in [0, 0.1) is 0 Å². The number of carbonyl (C=O) groups is 1. The van der Waals surface area contributed by atoms with Crippen molar-refractivity contribution < 1.29 is 9.53 Å². The van der Waals surface area contributed by atoms with Crippen LogP contribution in [0.2, 0.25) is 0 Å². The molecule has 0 spiro atoms. The minimum Gasteiger partial charge on any atom is -0.488 e. The lowest BCUT2D eigenvalue weighted by molar-refractivity contribution is 0.0957. The summed E-state index contributed by atoms with van der Waals surface area (Å²) in [5, 5.41) is 11.4. The Morgan fingerprint density at radius 1 is 1.07 bits per heavy atom. The molecular formula is C21H30N4O2S. The van der Waals surface area contributed by atoms with Crippen molar-refractivity contribution in [3.05, 3.63) is 52.2 Å². The van der Waals surface area contributed by atoms with Gasteiger partial charge in [-0.15, -0.1) is 11.3 Å². The Hall–Kier alpha value is -2.54. The van der Waals surface area contributed by atoms with E-state index in [2.05, 4.69) is 20.9 Å². The molecule has 2 rings (SSSR count). The topological polar surface area (TPSA) is 74.8 Å². The van der Waals surface area contributed by atoms with E-state index in [9.17, 15) is 4.79 Å². The van der Waals surface area contributed by atoms with Crippen LogP contribution < -0.4 is 20.7 Å². The molecule has 2 aromatic rings. The number of hydrogen-bond donors (Lipinski definition) is 3. The highest BCUT2D eigenvalue weighted by Crippen LogP contribution is 2.22. The quantitative estimate of drug-likeness (QED) is 0.359. The molecule has 0 atom stereocenters. The lowest BCUT2D eigenvalue weighted by Crippen LogP contribution is -2.38. The van der Waals surface area contributed by atoms with Gasteiger partial charge in [0.05, 0.1) is 4.88 Å². The van der Waals surface area contributed by atoms with Crippen molar-refractivity contribution in [1.82, 2.24) is 16.0 Å². The molecule has 0 saturated heterocycles. The van der Waals surface area contributed by atoms with E-state index in [4.69, 9.17) is 4.74 Å². The molecule has 1 amide bonds. The van der Waals surface area contributed by atoms with Crippen LogP contribution in [0.4, 0.5) is 0 Å². The third kappa shape index (κ3) is 7.60. The highest BCUT2D eigenvalue weighted by atomic mass is 32.1. The predicted molar refractivity (Wildman–Crippen MR) is 116 cm³/mol. The van der Waals surface area contributed by atoms with Crippen LogP contribution in [-0.4, -0.2) is 37.6 Å². The number of benzene rings is 1. The predicted octanol–water partition coefficient (Wildman–Crippen LogP) is 3.41. The lowest BCUT2D eigenvalue weighted by Gasteiger charge is -2.23. The summed E-state index contributed by atoms with van der Waals surface area (Å²) in [6, 6.07) is 11.7. The van der Waals surface area contributed by atoms with Gasteiger partial charge in [-0.05, 0) is 44.7 Å². The molecule has 1 aromatic carbocycles. The average Bonchev–Trinajstić information content (AvgIpc) is 3.18. The maximum absolute atomic E-state index is 11.9. The summed E-state index contributed by atoms with van der Waals surface area (Å²) >= 11 is 1.45. The fourth-order valence-corrected chi connectivity index (χ4v) is 3.11. The fraction of sp³-hybridized carbons (Fsp3) is 0.429. The molecule has 7 heteroatoms. The number of rotatable bonds is 8. The van der Waals surface area contributed by atoms with Crippen LogP contribution in [0.3, 0.4) is 0 Å². The first kappa shape index (κ1) is 21.8. The first-order chi connectivity index (χ1) is 13.4. The van der Waals surface area contributed by atoms with Crippen molar-refractivity contribution in [2.75, 3.05) is 20.1 Å². The van der Waals surface area contributed by atoms with Gasteiger partial charge in [0.2, 0.25) is 0 Å². The zero-order chi connectivity index (χ0) is 20.4. The number of nitrogens with one attached hydrogen (secondary N) is 3. The number of nitrogens with zero attached hydrogens (tertiary/aromatic N) is 1. The number of para-hydroxylation sites is 1. The van der Waals surface area contributed by atoms with Gasteiger partial charge in [-0.25, -0.2) is 0 Å². The second-order valence-electron chi connectivity index (χ2n) is 7.26. The van der Waals surface area contributed by atoms with Crippen LogP contribution in [-0.2, 0) is 6.54 Å². The van der Waals surface area contributed by atoms with Crippen LogP contribution in [0.1, 0.15) is 42.4 Å². The van der Waals surface area contributed by atoms with Crippen molar-refractivity contribution in [2.24, 2.45) is 4.99 Å². The van der Waals surface area contributed by atoms with Gasteiger partial charge in [0.1, 0.15) is 11.4 Å². The average molecular weight is 403 g/mol. The maximum Gasteiger partial charge on any atom is 0.261 e. The van der Waals surface area contributed by atoms with E-state index in [0.717, 1.165) is 28.6 Å². The Morgan fingerprint density at radius 3 is 2.50 bits per heavy atom. The molecule has 28 heavy (non-hydrogen) atoms. The van der Waals surface area contributed by atoms with Gasteiger partial charge in [0, 0.05) is 32.2 Å². The Labute approximate surface area is 171 Å². The third-order valence-electron chi connectivity index (χ3n) is 3.74. The number of ether oxygens (including phenoxy) is 1. The van der Waals surface area contributed by atoms with Crippen LogP contribution in [0.5, 0.6) is 5.75 Å². The highest BCUT2D eigenvalue weighted by molar-refractivity contribution is 7.12. The van der Waals surface area contributed by atoms with Crippen molar-refractivity contribution in [3.63, 3.8) is 0 Å². The third-order valence-corrected chi connectivity index (χ3v) is 4.60. The molecular weight excluding hydrogens is 372 g/mol.